The summed E-state index contributed by atoms with van der Waals surface area (Å²) in [6, 6.07) is 3.30. The van der Waals surface area contributed by atoms with Gasteiger partial charge in [-0.15, -0.1) is 0 Å². The van der Waals surface area contributed by atoms with Crippen LogP contribution in [0, 0.1) is 0 Å². The number of hydrogen-bond donors (Lipinski definition) is 1. The van der Waals surface area contributed by atoms with Crippen LogP contribution in [-0.2, 0) is 6.54 Å². The first-order chi connectivity index (χ1) is 10.0. The molecule has 1 aliphatic heterocycles. The van der Waals surface area contributed by atoms with Crippen LogP contribution in [0.2, 0.25) is 0 Å². The molecule has 1 saturated heterocycles. The molecular weight excluding hydrogens is 260 g/mol. The molecule has 1 fully saturated rings. The highest BCUT2D eigenvalue weighted by atomic mass is 15.3. The summed E-state index contributed by atoms with van der Waals surface area (Å²) in [6.07, 6.45) is 5.62. The molecule has 4 nitrogen and oxygen atoms in total. The number of aromatic nitrogens is 2. The highest BCUT2D eigenvalue weighted by Gasteiger charge is 2.33. The molecule has 3 atom stereocenters. The standard InChI is InChI=1S/C17H32N4/c1-6-14(4)21-10-9-15(19-21)12-20-13-17(5,8-3)18-11-16(20)7-2/h9-10,14,16,18H,6-8,11-13H2,1-5H3. The predicted molar refractivity (Wildman–Crippen MR) is 88.4 cm³/mol. The quantitative estimate of drug-likeness (QED) is 0.874. The highest BCUT2D eigenvalue weighted by molar-refractivity contribution is 5.03. The van der Waals surface area contributed by atoms with Crippen molar-refractivity contribution in [2.24, 2.45) is 0 Å². The zero-order valence-corrected chi connectivity index (χ0v) is 14.4. The van der Waals surface area contributed by atoms with E-state index in [2.05, 4.69) is 61.8 Å². The Morgan fingerprint density at radius 1 is 1.43 bits per heavy atom. The molecule has 0 aliphatic carbocycles. The SMILES string of the molecule is CCC1CNC(C)(CC)CN1Cc1ccn(C(C)CC)n1. The van der Waals surface area contributed by atoms with Gasteiger partial charge >= 0.3 is 0 Å². The minimum atomic E-state index is 0.241. The van der Waals surface area contributed by atoms with Crippen LogP contribution in [-0.4, -0.2) is 39.4 Å². The van der Waals surface area contributed by atoms with Gasteiger partial charge in [0.25, 0.3) is 0 Å². The van der Waals surface area contributed by atoms with Crippen molar-refractivity contribution in [1.82, 2.24) is 20.0 Å². The third kappa shape index (κ3) is 3.86. The van der Waals surface area contributed by atoms with Crippen LogP contribution in [0.1, 0.15) is 65.6 Å². The summed E-state index contributed by atoms with van der Waals surface area (Å²) in [7, 11) is 0. The van der Waals surface area contributed by atoms with Gasteiger partial charge in [0.1, 0.15) is 0 Å². The second kappa shape index (κ2) is 6.93. The third-order valence-corrected chi connectivity index (χ3v) is 5.16. The Morgan fingerprint density at radius 2 is 2.19 bits per heavy atom. The summed E-state index contributed by atoms with van der Waals surface area (Å²) in [5.41, 5.74) is 1.44. The van der Waals surface area contributed by atoms with Crippen molar-refractivity contribution in [3.05, 3.63) is 18.0 Å². The van der Waals surface area contributed by atoms with Crippen molar-refractivity contribution in [3.63, 3.8) is 0 Å². The van der Waals surface area contributed by atoms with Crippen LogP contribution in [0.5, 0.6) is 0 Å². The van der Waals surface area contributed by atoms with Gasteiger partial charge < -0.3 is 5.32 Å². The minimum absolute atomic E-state index is 0.241. The molecule has 0 radical (unpaired) electrons. The summed E-state index contributed by atoms with van der Waals surface area (Å²) in [5, 5.41) is 8.50. The maximum absolute atomic E-state index is 4.77. The van der Waals surface area contributed by atoms with E-state index >= 15 is 0 Å². The summed E-state index contributed by atoms with van der Waals surface area (Å²) < 4.78 is 2.11. The monoisotopic (exact) mass is 292 g/mol. The van der Waals surface area contributed by atoms with E-state index in [1.807, 2.05) is 0 Å². The van der Waals surface area contributed by atoms with E-state index in [9.17, 15) is 0 Å². The zero-order chi connectivity index (χ0) is 15.5. The number of rotatable bonds is 6. The number of piperazine rings is 1. The molecule has 2 rings (SSSR count). The van der Waals surface area contributed by atoms with E-state index in [0.717, 1.165) is 26.1 Å². The van der Waals surface area contributed by atoms with E-state index in [0.29, 0.717) is 12.1 Å². The minimum Gasteiger partial charge on any atom is -0.309 e. The van der Waals surface area contributed by atoms with Crippen LogP contribution in [0.3, 0.4) is 0 Å². The lowest BCUT2D eigenvalue weighted by molar-refractivity contribution is 0.0742. The van der Waals surface area contributed by atoms with Gasteiger partial charge in [-0.1, -0.05) is 20.8 Å². The Balaban J connectivity index is 2.06. The van der Waals surface area contributed by atoms with Crippen molar-refractivity contribution in [3.8, 4) is 0 Å². The lowest BCUT2D eigenvalue weighted by atomic mass is 9.92. The van der Waals surface area contributed by atoms with Crippen LogP contribution in [0.4, 0.5) is 0 Å². The Labute approximate surface area is 129 Å². The fourth-order valence-electron chi connectivity index (χ4n) is 3.05. The molecule has 2 heterocycles. The molecule has 1 N–H and O–H groups in total. The van der Waals surface area contributed by atoms with Crippen molar-refractivity contribution >= 4 is 0 Å². The summed E-state index contributed by atoms with van der Waals surface area (Å²) >= 11 is 0. The third-order valence-electron chi connectivity index (χ3n) is 5.16. The molecule has 0 amide bonds. The molecule has 1 aromatic rings. The molecule has 0 bridgehead atoms. The van der Waals surface area contributed by atoms with Gasteiger partial charge in [0.05, 0.1) is 5.69 Å². The lowest BCUT2D eigenvalue weighted by Crippen LogP contribution is -2.62. The zero-order valence-electron chi connectivity index (χ0n) is 14.4. The van der Waals surface area contributed by atoms with Crippen LogP contribution >= 0.6 is 0 Å². The van der Waals surface area contributed by atoms with Crippen molar-refractivity contribution < 1.29 is 0 Å². The van der Waals surface area contributed by atoms with Gasteiger partial charge in [-0.3, -0.25) is 9.58 Å². The van der Waals surface area contributed by atoms with Crippen molar-refractivity contribution in [2.75, 3.05) is 13.1 Å². The molecule has 4 heteroatoms. The second-order valence-electron chi connectivity index (χ2n) is 6.81. The van der Waals surface area contributed by atoms with Crippen molar-refractivity contribution in [2.45, 2.75) is 78.0 Å². The number of hydrogen-bond acceptors (Lipinski definition) is 3. The van der Waals surface area contributed by atoms with E-state index in [1.54, 1.807) is 0 Å². The first kappa shape index (κ1) is 16.5. The average molecular weight is 292 g/mol. The number of nitrogens with zero attached hydrogens (tertiary/aromatic N) is 3. The Morgan fingerprint density at radius 3 is 2.81 bits per heavy atom. The predicted octanol–water partition coefficient (Wildman–Crippen LogP) is 3.21. The molecule has 21 heavy (non-hydrogen) atoms. The van der Waals surface area contributed by atoms with Gasteiger partial charge in [-0.05, 0) is 39.2 Å². The molecule has 0 saturated carbocycles. The Bertz CT molecular complexity index is 442. The van der Waals surface area contributed by atoms with E-state index in [4.69, 9.17) is 5.10 Å². The fourth-order valence-corrected chi connectivity index (χ4v) is 3.05. The molecule has 1 aromatic heterocycles. The van der Waals surface area contributed by atoms with E-state index < -0.39 is 0 Å². The van der Waals surface area contributed by atoms with Gasteiger partial charge in [0.2, 0.25) is 0 Å². The summed E-state index contributed by atoms with van der Waals surface area (Å²) in [6.45, 7) is 14.5. The first-order valence-electron chi connectivity index (χ1n) is 8.54. The van der Waals surface area contributed by atoms with Crippen molar-refractivity contribution in [1.29, 1.82) is 0 Å². The maximum Gasteiger partial charge on any atom is 0.0765 e. The highest BCUT2D eigenvalue weighted by Crippen LogP contribution is 2.22. The Hall–Kier alpha value is -0.870. The smallest absolute Gasteiger partial charge is 0.0765 e. The average Bonchev–Trinajstić information content (AvgIpc) is 2.95. The van der Waals surface area contributed by atoms with Gasteiger partial charge in [-0.2, -0.15) is 5.10 Å². The first-order valence-corrected chi connectivity index (χ1v) is 8.54. The van der Waals surface area contributed by atoms with Gasteiger partial charge in [-0.25, -0.2) is 0 Å². The normalized spacial score (nSPS) is 28.7. The lowest BCUT2D eigenvalue weighted by Gasteiger charge is -2.45. The molecule has 1 aliphatic rings. The Kier molecular flexibility index (Phi) is 5.44. The second-order valence-corrected chi connectivity index (χ2v) is 6.81. The van der Waals surface area contributed by atoms with E-state index in [-0.39, 0.29) is 5.54 Å². The molecular formula is C17H32N4. The van der Waals surface area contributed by atoms with Crippen LogP contribution in [0.15, 0.2) is 12.3 Å². The molecule has 0 aromatic carbocycles. The van der Waals surface area contributed by atoms with Crippen LogP contribution in [0.25, 0.3) is 0 Å². The summed E-state index contributed by atoms with van der Waals surface area (Å²) in [5.74, 6) is 0. The summed E-state index contributed by atoms with van der Waals surface area (Å²) in [4.78, 5) is 2.61. The molecule has 0 spiro atoms. The number of nitrogens with one attached hydrogen (secondary N) is 1. The largest absolute Gasteiger partial charge is 0.309 e. The topological polar surface area (TPSA) is 33.1 Å². The van der Waals surface area contributed by atoms with E-state index in [1.165, 1.54) is 18.5 Å². The van der Waals surface area contributed by atoms with Gasteiger partial charge in [0.15, 0.2) is 0 Å². The van der Waals surface area contributed by atoms with Gasteiger partial charge in [0, 0.05) is 43.5 Å². The molecule has 120 valence electrons. The fraction of sp³-hybridized carbons (Fsp3) is 0.824. The molecule has 3 unspecified atom stereocenters. The maximum atomic E-state index is 4.77. The van der Waals surface area contributed by atoms with Crippen LogP contribution < -0.4 is 5.32 Å².